The molecule has 0 aliphatic carbocycles. The van der Waals surface area contributed by atoms with E-state index in [1.165, 1.54) is 0 Å². The molecule has 0 unspecified atom stereocenters. The van der Waals surface area contributed by atoms with E-state index in [0.29, 0.717) is 0 Å². The molecule has 1 saturated heterocycles. The van der Waals surface area contributed by atoms with E-state index in [1.807, 2.05) is 0 Å². The molecular formula is C6H11NaO4. The standard InChI is InChI=1S/C6H10O4.Na.H/c1-6(2)9-3-4(10-6)5(7)8;;/h4H,3H2,1-2H3,(H,7,8);;/t4-;;/m1../s1. The van der Waals surface area contributed by atoms with Crippen molar-refractivity contribution in [3.05, 3.63) is 0 Å². The Morgan fingerprint density at radius 2 is 2.18 bits per heavy atom. The Labute approximate surface area is 87.2 Å². The average Bonchev–Trinajstić information content (AvgIpc) is 2.10. The molecule has 11 heavy (non-hydrogen) atoms. The van der Waals surface area contributed by atoms with Gasteiger partial charge in [0.15, 0.2) is 11.9 Å². The van der Waals surface area contributed by atoms with Gasteiger partial charge in [-0.15, -0.1) is 0 Å². The van der Waals surface area contributed by atoms with E-state index in [4.69, 9.17) is 14.6 Å². The minimum absolute atomic E-state index is 0. The Kier molecular flexibility index (Phi) is 4.00. The third-order valence-electron chi connectivity index (χ3n) is 1.28. The monoisotopic (exact) mass is 170 g/mol. The molecule has 1 aliphatic rings. The van der Waals surface area contributed by atoms with Crippen LogP contribution >= 0.6 is 0 Å². The van der Waals surface area contributed by atoms with E-state index in [0.717, 1.165) is 0 Å². The van der Waals surface area contributed by atoms with Gasteiger partial charge in [-0.2, -0.15) is 0 Å². The summed E-state index contributed by atoms with van der Waals surface area (Å²) >= 11 is 0. The van der Waals surface area contributed by atoms with Crippen LogP contribution in [0.4, 0.5) is 0 Å². The Morgan fingerprint density at radius 3 is 2.36 bits per heavy atom. The zero-order valence-electron chi connectivity index (χ0n) is 5.96. The van der Waals surface area contributed by atoms with Crippen LogP contribution in [-0.2, 0) is 14.3 Å². The van der Waals surface area contributed by atoms with Crippen molar-refractivity contribution in [3.8, 4) is 0 Å². The van der Waals surface area contributed by atoms with Crippen LogP contribution in [0.3, 0.4) is 0 Å². The second-order valence-electron chi connectivity index (χ2n) is 2.66. The van der Waals surface area contributed by atoms with Gasteiger partial charge in [-0.1, -0.05) is 0 Å². The van der Waals surface area contributed by atoms with Crippen molar-refractivity contribution in [2.75, 3.05) is 6.61 Å². The van der Waals surface area contributed by atoms with E-state index in [-0.39, 0.29) is 36.2 Å². The molecule has 0 aromatic rings. The van der Waals surface area contributed by atoms with Crippen LogP contribution in [0.5, 0.6) is 0 Å². The van der Waals surface area contributed by atoms with Gasteiger partial charge in [-0.05, 0) is 13.8 Å². The zero-order chi connectivity index (χ0) is 7.78. The number of rotatable bonds is 1. The maximum atomic E-state index is 10.3. The van der Waals surface area contributed by atoms with Gasteiger partial charge >= 0.3 is 35.5 Å². The molecule has 0 bridgehead atoms. The molecule has 60 valence electrons. The van der Waals surface area contributed by atoms with Crippen molar-refractivity contribution in [3.63, 3.8) is 0 Å². The molecule has 1 aliphatic heterocycles. The fraction of sp³-hybridized carbons (Fsp3) is 0.833. The minimum atomic E-state index is -0.967. The molecule has 1 rings (SSSR count). The first kappa shape index (κ1) is 11.4. The van der Waals surface area contributed by atoms with Crippen molar-refractivity contribution >= 4 is 35.5 Å². The fourth-order valence-electron chi connectivity index (χ4n) is 0.809. The number of carboxylic acids is 1. The molecule has 5 heteroatoms. The van der Waals surface area contributed by atoms with Gasteiger partial charge in [0.25, 0.3) is 0 Å². The Bertz CT molecular complexity index is 157. The predicted molar refractivity (Wildman–Crippen MR) is 39.7 cm³/mol. The van der Waals surface area contributed by atoms with E-state index >= 15 is 0 Å². The van der Waals surface area contributed by atoms with E-state index in [9.17, 15) is 4.79 Å². The third-order valence-corrected chi connectivity index (χ3v) is 1.28. The second kappa shape index (κ2) is 3.87. The summed E-state index contributed by atoms with van der Waals surface area (Å²) in [5, 5.41) is 8.44. The van der Waals surface area contributed by atoms with Crippen molar-refractivity contribution in [2.45, 2.75) is 25.7 Å². The van der Waals surface area contributed by atoms with E-state index in [2.05, 4.69) is 0 Å². The Hall–Kier alpha value is 0.390. The number of hydrogen-bond donors (Lipinski definition) is 1. The molecule has 0 saturated carbocycles. The number of carbonyl (C=O) groups is 1. The van der Waals surface area contributed by atoms with Gasteiger partial charge in [0.05, 0.1) is 6.61 Å². The van der Waals surface area contributed by atoms with Crippen LogP contribution in [0.1, 0.15) is 13.8 Å². The SMILES string of the molecule is CC1(C)OC[C@H](C(=O)O)O1.[NaH]. The van der Waals surface area contributed by atoms with Crippen LogP contribution in [0, 0.1) is 0 Å². The van der Waals surface area contributed by atoms with Crippen LogP contribution in [0.2, 0.25) is 0 Å². The first-order valence-corrected chi connectivity index (χ1v) is 3.06. The number of ether oxygens (including phenoxy) is 2. The molecule has 0 aromatic carbocycles. The molecule has 1 fully saturated rings. The van der Waals surface area contributed by atoms with Crippen molar-refractivity contribution in [2.24, 2.45) is 0 Å². The zero-order valence-corrected chi connectivity index (χ0v) is 5.96. The van der Waals surface area contributed by atoms with Crippen LogP contribution < -0.4 is 0 Å². The van der Waals surface area contributed by atoms with Gasteiger partial charge in [-0.3, -0.25) is 0 Å². The van der Waals surface area contributed by atoms with Gasteiger partial charge in [0, 0.05) is 0 Å². The predicted octanol–water partition coefficient (Wildman–Crippen LogP) is -0.426. The summed E-state index contributed by atoms with van der Waals surface area (Å²) in [6.07, 6.45) is -0.796. The van der Waals surface area contributed by atoms with Crippen molar-refractivity contribution < 1.29 is 19.4 Å². The number of hydrogen-bond acceptors (Lipinski definition) is 3. The van der Waals surface area contributed by atoms with Gasteiger partial charge in [-0.25, -0.2) is 4.79 Å². The number of aliphatic carboxylic acids is 1. The molecule has 0 radical (unpaired) electrons. The van der Waals surface area contributed by atoms with E-state index in [1.54, 1.807) is 13.8 Å². The summed E-state index contributed by atoms with van der Waals surface area (Å²) in [7, 11) is 0. The molecular weight excluding hydrogens is 159 g/mol. The molecule has 1 atom stereocenters. The molecule has 0 aromatic heterocycles. The average molecular weight is 170 g/mol. The van der Waals surface area contributed by atoms with Gasteiger partial charge in [0.2, 0.25) is 0 Å². The van der Waals surface area contributed by atoms with Crippen LogP contribution in [-0.4, -0.2) is 59.1 Å². The van der Waals surface area contributed by atoms with E-state index < -0.39 is 17.9 Å². The van der Waals surface area contributed by atoms with Gasteiger partial charge in [0.1, 0.15) is 0 Å². The maximum absolute atomic E-state index is 10.3. The second-order valence-corrected chi connectivity index (χ2v) is 2.66. The van der Waals surface area contributed by atoms with Crippen LogP contribution in [0.25, 0.3) is 0 Å². The summed E-state index contributed by atoms with van der Waals surface area (Å²) in [5.74, 6) is -1.70. The summed E-state index contributed by atoms with van der Waals surface area (Å²) in [6.45, 7) is 3.52. The quantitative estimate of drug-likeness (QED) is 0.543. The summed E-state index contributed by atoms with van der Waals surface area (Å²) in [5.41, 5.74) is 0. The number of carboxylic acid groups (broad SMARTS) is 1. The normalized spacial score (nSPS) is 27.6. The summed E-state index contributed by atoms with van der Waals surface area (Å²) in [6, 6.07) is 0. The summed E-state index contributed by atoms with van der Waals surface area (Å²) < 4.78 is 10.00. The van der Waals surface area contributed by atoms with Crippen molar-refractivity contribution in [1.82, 2.24) is 0 Å². The molecule has 0 amide bonds. The molecule has 4 nitrogen and oxygen atoms in total. The van der Waals surface area contributed by atoms with Gasteiger partial charge < -0.3 is 14.6 Å². The first-order valence-electron chi connectivity index (χ1n) is 3.06. The molecule has 0 spiro atoms. The third kappa shape index (κ3) is 3.09. The first-order chi connectivity index (χ1) is 4.51. The Morgan fingerprint density at radius 1 is 1.64 bits per heavy atom. The molecule has 1 heterocycles. The summed E-state index contributed by atoms with van der Waals surface area (Å²) in [4.78, 5) is 10.3. The topological polar surface area (TPSA) is 55.8 Å². The Balaban J connectivity index is 0.000001000. The fourth-order valence-corrected chi connectivity index (χ4v) is 0.809. The van der Waals surface area contributed by atoms with Crippen molar-refractivity contribution in [1.29, 1.82) is 0 Å². The van der Waals surface area contributed by atoms with Crippen LogP contribution in [0.15, 0.2) is 0 Å². The molecule has 1 N–H and O–H groups in total.